The fraction of sp³-hybridized carbons (Fsp3) is 0.0833. The Balaban J connectivity index is 2.25. The number of H-pyrrole nitrogens is 1. The first-order chi connectivity index (χ1) is 8.66. The molecule has 0 radical (unpaired) electrons. The van der Waals surface area contributed by atoms with E-state index < -0.39 is 0 Å². The van der Waals surface area contributed by atoms with Crippen LogP contribution in [0.5, 0.6) is 0 Å². The van der Waals surface area contributed by atoms with Crippen molar-refractivity contribution in [3.8, 4) is 0 Å². The number of aromatic amines is 1. The zero-order chi connectivity index (χ0) is 12.7. The second kappa shape index (κ2) is 3.69. The fourth-order valence-electron chi connectivity index (χ4n) is 1.86. The van der Waals surface area contributed by atoms with Crippen molar-refractivity contribution in [1.82, 2.24) is 18.9 Å². The van der Waals surface area contributed by atoms with Gasteiger partial charge in [-0.05, 0) is 19.1 Å². The third-order valence-corrected chi connectivity index (χ3v) is 2.70. The number of nitrogens with zero attached hydrogens (tertiary/aromatic N) is 3. The van der Waals surface area contributed by atoms with Gasteiger partial charge in [0.25, 0.3) is 11.5 Å². The molecule has 18 heavy (non-hydrogen) atoms. The number of carbonyl (C=O) groups is 1. The third-order valence-electron chi connectivity index (χ3n) is 2.70. The van der Waals surface area contributed by atoms with Crippen LogP contribution in [0.1, 0.15) is 16.2 Å². The standard InChI is InChI=1S/C12H10N4O2/c1-8-6-9(17)16-7-13-10(11(16)14-8)12(18)15-4-2-3-5-15/h2-7,14H,1H3. The molecule has 6 nitrogen and oxygen atoms in total. The van der Waals surface area contributed by atoms with E-state index in [-0.39, 0.29) is 17.2 Å². The van der Waals surface area contributed by atoms with Gasteiger partial charge in [-0.1, -0.05) is 0 Å². The summed E-state index contributed by atoms with van der Waals surface area (Å²) in [4.78, 5) is 30.9. The lowest BCUT2D eigenvalue weighted by Crippen LogP contribution is -2.15. The van der Waals surface area contributed by atoms with Crippen LogP contribution in [-0.2, 0) is 0 Å². The van der Waals surface area contributed by atoms with E-state index in [1.807, 2.05) is 0 Å². The van der Waals surface area contributed by atoms with E-state index in [9.17, 15) is 9.59 Å². The maximum Gasteiger partial charge on any atom is 0.284 e. The lowest BCUT2D eigenvalue weighted by Gasteiger charge is -2.00. The lowest BCUT2D eigenvalue weighted by atomic mass is 10.4. The van der Waals surface area contributed by atoms with E-state index in [1.54, 1.807) is 31.5 Å². The van der Waals surface area contributed by atoms with Crippen molar-refractivity contribution < 1.29 is 4.79 Å². The topological polar surface area (TPSA) is 72.2 Å². The van der Waals surface area contributed by atoms with Crippen LogP contribution in [0.15, 0.2) is 41.7 Å². The summed E-state index contributed by atoms with van der Waals surface area (Å²) in [5.74, 6) is -0.274. The van der Waals surface area contributed by atoms with Gasteiger partial charge in [-0.15, -0.1) is 0 Å². The van der Waals surface area contributed by atoms with E-state index in [4.69, 9.17) is 0 Å². The molecule has 3 heterocycles. The number of aromatic nitrogens is 4. The SMILES string of the molecule is Cc1cc(=O)n2cnc(C(=O)n3cccc3)c2[nH]1. The molecular weight excluding hydrogens is 232 g/mol. The molecule has 6 heteroatoms. The molecule has 0 amide bonds. The normalized spacial score (nSPS) is 10.9. The maximum absolute atomic E-state index is 12.2. The molecule has 0 unspecified atom stereocenters. The smallest absolute Gasteiger partial charge is 0.284 e. The van der Waals surface area contributed by atoms with Crippen molar-refractivity contribution in [1.29, 1.82) is 0 Å². The molecule has 0 aliphatic heterocycles. The van der Waals surface area contributed by atoms with Crippen molar-refractivity contribution >= 4 is 11.6 Å². The molecule has 0 spiro atoms. The number of hydrogen-bond acceptors (Lipinski definition) is 3. The number of imidazole rings is 1. The van der Waals surface area contributed by atoms with Crippen LogP contribution < -0.4 is 5.56 Å². The van der Waals surface area contributed by atoms with Crippen LogP contribution in [-0.4, -0.2) is 24.8 Å². The maximum atomic E-state index is 12.2. The predicted octanol–water partition coefficient (Wildman–Crippen LogP) is 0.821. The highest BCUT2D eigenvalue weighted by atomic mass is 16.2. The second-order valence-electron chi connectivity index (χ2n) is 4.00. The number of rotatable bonds is 1. The van der Waals surface area contributed by atoms with Gasteiger partial charge in [0, 0.05) is 24.2 Å². The quantitative estimate of drug-likeness (QED) is 0.686. The van der Waals surface area contributed by atoms with Crippen LogP contribution in [0.4, 0.5) is 0 Å². The van der Waals surface area contributed by atoms with E-state index in [0.717, 1.165) is 0 Å². The molecule has 0 fully saturated rings. The molecule has 3 rings (SSSR count). The van der Waals surface area contributed by atoms with Crippen LogP contribution >= 0.6 is 0 Å². The molecule has 0 aliphatic carbocycles. The fourth-order valence-corrected chi connectivity index (χ4v) is 1.86. The summed E-state index contributed by atoms with van der Waals surface area (Å²) in [6.45, 7) is 1.76. The molecule has 3 aromatic rings. The predicted molar refractivity (Wildman–Crippen MR) is 64.7 cm³/mol. The van der Waals surface area contributed by atoms with Gasteiger partial charge in [-0.25, -0.2) is 4.98 Å². The Morgan fingerprint density at radius 2 is 2.06 bits per heavy atom. The average molecular weight is 242 g/mol. The molecule has 0 saturated heterocycles. The Morgan fingerprint density at radius 3 is 2.78 bits per heavy atom. The molecule has 0 bridgehead atoms. The zero-order valence-corrected chi connectivity index (χ0v) is 9.62. The summed E-state index contributed by atoms with van der Waals surface area (Å²) < 4.78 is 2.74. The first-order valence-corrected chi connectivity index (χ1v) is 5.41. The molecule has 0 aromatic carbocycles. The van der Waals surface area contributed by atoms with E-state index in [1.165, 1.54) is 21.4 Å². The Hall–Kier alpha value is -2.63. The van der Waals surface area contributed by atoms with Crippen LogP contribution in [0.2, 0.25) is 0 Å². The number of nitrogens with one attached hydrogen (secondary N) is 1. The number of fused-ring (bicyclic) bond motifs is 1. The average Bonchev–Trinajstić information content (AvgIpc) is 2.96. The van der Waals surface area contributed by atoms with Gasteiger partial charge in [0.15, 0.2) is 11.3 Å². The lowest BCUT2D eigenvalue weighted by molar-refractivity contribution is 0.0957. The Labute approximate surface area is 102 Å². The van der Waals surface area contributed by atoms with Crippen molar-refractivity contribution in [2.45, 2.75) is 6.92 Å². The zero-order valence-electron chi connectivity index (χ0n) is 9.62. The Morgan fingerprint density at radius 1 is 1.33 bits per heavy atom. The minimum atomic E-state index is -0.274. The summed E-state index contributed by atoms with van der Waals surface area (Å²) in [6.07, 6.45) is 4.63. The second-order valence-corrected chi connectivity index (χ2v) is 4.00. The summed E-state index contributed by atoms with van der Waals surface area (Å²) in [6, 6.07) is 4.97. The van der Waals surface area contributed by atoms with E-state index >= 15 is 0 Å². The number of carbonyl (C=O) groups excluding carboxylic acids is 1. The van der Waals surface area contributed by atoms with Crippen LogP contribution in [0.25, 0.3) is 5.65 Å². The monoisotopic (exact) mass is 242 g/mol. The molecule has 90 valence electrons. The van der Waals surface area contributed by atoms with Crippen molar-refractivity contribution in [2.75, 3.05) is 0 Å². The number of hydrogen-bond donors (Lipinski definition) is 1. The Bertz CT molecular complexity index is 780. The highest BCUT2D eigenvalue weighted by molar-refractivity contribution is 5.99. The summed E-state index contributed by atoms with van der Waals surface area (Å²) in [5, 5.41) is 0. The van der Waals surface area contributed by atoms with Gasteiger partial charge < -0.3 is 4.98 Å². The van der Waals surface area contributed by atoms with Crippen LogP contribution in [0.3, 0.4) is 0 Å². The van der Waals surface area contributed by atoms with Gasteiger partial charge in [0.2, 0.25) is 0 Å². The van der Waals surface area contributed by atoms with E-state index in [2.05, 4.69) is 9.97 Å². The number of aryl methyl sites for hydroxylation is 1. The molecule has 3 aromatic heterocycles. The summed E-state index contributed by atoms with van der Waals surface area (Å²) in [7, 11) is 0. The van der Waals surface area contributed by atoms with E-state index in [0.29, 0.717) is 11.3 Å². The Kier molecular flexibility index (Phi) is 2.16. The molecular formula is C12H10N4O2. The van der Waals surface area contributed by atoms with Crippen molar-refractivity contribution in [3.63, 3.8) is 0 Å². The van der Waals surface area contributed by atoms with Gasteiger partial charge in [-0.3, -0.25) is 18.6 Å². The largest absolute Gasteiger partial charge is 0.343 e. The van der Waals surface area contributed by atoms with Crippen molar-refractivity contribution in [2.24, 2.45) is 0 Å². The molecule has 1 N–H and O–H groups in total. The van der Waals surface area contributed by atoms with Crippen molar-refractivity contribution in [3.05, 3.63) is 58.7 Å². The van der Waals surface area contributed by atoms with Crippen LogP contribution in [0, 0.1) is 6.92 Å². The third kappa shape index (κ3) is 1.46. The first kappa shape index (κ1) is 10.5. The van der Waals surface area contributed by atoms with Gasteiger partial charge in [0.1, 0.15) is 6.33 Å². The minimum absolute atomic E-state index is 0.208. The highest BCUT2D eigenvalue weighted by Crippen LogP contribution is 2.07. The van der Waals surface area contributed by atoms with Gasteiger partial charge >= 0.3 is 0 Å². The molecule has 0 saturated carbocycles. The highest BCUT2D eigenvalue weighted by Gasteiger charge is 2.16. The summed E-state index contributed by atoms with van der Waals surface area (Å²) in [5.41, 5.74) is 1.13. The first-order valence-electron chi connectivity index (χ1n) is 5.41. The van der Waals surface area contributed by atoms with Gasteiger partial charge in [-0.2, -0.15) is 0 Å². The molecule has 0 aliphatic rings. The summed E-state index contributed by atoms with van der Waals surface area (Å²) >= 11 is 0. The van der Waals surface area contributed by atoms with Gasteiger partial charge in [0.05, 0.1) is 0 Å². The molecule has 0 atom stereocenters. The minimum Gasteiger partial charge on any atom is -0.343 e.